The summed E-state index contributed by atoms with van der Waals surface area (Å²) in [5.41, 5.74) is 0. The smallest absolute Gasteiger partial charge is 0.306 e. The van der Waals surface area contributed by atoms with Crippen LogP contribution in [0.25, 0.3) is 0 Å². The molecule has 10 heavy (non-hydrogen) atoms. The molecule has 0 saturated carbocycles. The standard InChI is InChI=1S/C8H14O2/c1-2-3-4-7-5-6-8(9)10-7/h7H,2-6H2,1H3/i4D2,5D2,6D2,7D. The number of cyclic esters (lactones) is 1. The second-order valence-corrected chi connectivity index (χ2v) is 1.90. The van der Waals surface area contributed by atoms with Crippen molar-refractivity contribution in [3.8, 4) is 0 Å². The second kappa shape index (κ2) is 3.59. The van der Waals surface area contributed by atoms with Crippen LogP contribution in [-0.4, -0.2) is 12.0 Å². The van der Waals surface area contributed by atoms with E-state index in [1.807, 2.05) is 0 Å². The minimum Gasteiger partial charge on any atom is -0.462 e. The van der Waals surface area contributed by atoms with E-state index in [9.17, 15) is 4.79 Å². The predicted molar refractivity (Wildman–Crippen MR) is 38.6 cm³/mol. The summed E-state index contributed by atoms with van der Waals surface area (Å²) < 4.78 is 57.1. The Labute approximate surface area is 71.4 Å². The lowest BCUT2D eigenvalue weighted by Gasteiger charge is -2.06. The van der Waals surface area contributed by atoms with Gasteiger partial charge in [-0.1, -0.05) is 19.8 Å². The fourth-order valence-electron chi connectivity index (χ4n) is 0.570. The van der Waals surface area contributed by atoms with Crippen molar-refractivity contribution in [1.29, 1.82) is 0 Å². The average Bonchev–Trinajstić information content (AvgIpc) is 2.26. The third-order valence-corrected chi connectivity index (χ3v) is 1.01. The molecule has 1 aliphatic rings. The third-order valence-electron chi connectivity index (χ3n) is 1.01. The number of carbonyl (C=O) groups is 1. The van der Waals surface area contributed by atoms with Gasteiger partial charge in [0.15, 0.2) is 0 Å². The molecular formula is C8H14O2. The zero-order valence-electron chi connectivity index (χ0n) is 12.7. The Hall–Kier alpha value is -0.530. The van der Waals surface area contributed by atoms with Crippen molar-refractivity contribution < 1.29 is 19.1 Å². The maximum absolute atomic E-state index is 11.3. The SMILES string of the molecule is [2H]C([2H])(CCC)C1([2H])OC(=O)C([2H])([2H])C1([2H])[2H]. The fourth-order valence-corrected chi connectivity index (χ4v) is 0.570. The van der Waals surface area contributed by atoms with Crippen molar-refractivity contribution in [2.75, 3.05) is 0 Å². The van der Waals surface area contributed by atoms with Gasteiger partial charge >= 0.3 is 5.97 Å². The third kappa shape index (κ3) is 2.01. The summed E-state index contributed by atoms with van der Waals surface area (Å²) in [5.74, 6) is -1.53. The van der Waals surface area contributed by atoms with Crippen molar-refractivity contribution in [3.63, 3.8) is 0 Å². The molecule has 0 aliphatic carbocycles. The van der Waals surface area contributed by atoms with E-state index in [2.05, 4.69) is 4.74 Å². The molecule has 1 unspecified atom stereocenters. The minimum absolute atomic E-state index is 0.195. The Balaban J connectivity index is 3.28. The van der Waals surface area contributed by atoms with Gasteiger partial charge in [-0.25, -0.2) is 0 Å². The van der Waals surface area contributed by atoms with Crippen LogP contribution in [0.2, 0.25) is 0 Å². The summed E-state index contributed by atoms with van der Waals surface area (Å²) in [4.78, 5) is 11.3. The molecule has 0 bridgehead atoms. The van der Waals surface area contributed by atoms with E-state index in [0.717, 1.165) is 0 Å². The first-order chi connectivity index (χ1) is 7.44. The molecule has 1 saturated heterocycles. The van der Waals surface area contributed by atoms with E-state index in [1.54, 1.807) is 6.92 Å². The summed E-state index contributed by atoms with van der Waals surface area (Å²) in [6.45, 7) is 1.64. The van der Waals surface area contributed by atoms with Gasteiger partial charge in [0.25, 0.3) is 0 Å². The van der Waals surface area contributed by atoms with E-state index in [0.29, 0.717) is 6.42 Å². The molecule has 0 aromatic heterocycles. The van der Waals surface area contributed by atoms with Crippen LogP contribution in [0, 0.1) is 0 Å². The second-order valence-electron chi connectivity index (χ2n) is 1.90. The predicted octanol–water partition coefficient (Wildman–Crippen LogP) is 1.88. The topological polar surface area (TPSA) is 26.3 Å². The highest BCUT2D eigenvalue weighted by molar-refractivity contribution is 5.71. The van der Waals surface area contributed by atoms with Gasteiger partial charge in [0.2, 0.25) is 0 Å². The Morgan fingerprint density at radius 3 is 3.40 bits per heavy atom. The first kappa shape index (κ1) is 2.50. The van der Waals surface area contributed by atoms with Crippen molar-refractivity contribution in [2.24, 2.45) is 0 Å². The Morgan fingerprint density at radius 1 is 2.10 bits per heavy atom. The van der Waals surface area contributed by atoms with Crippen LogP contribution in [0.1, 0.15) is 48.5 Å². The van der Waals surface area contributed by atoms with E-state index in [-0.39, 0.29) is 6.42 Å². The van der Waals surface area contributed by atoms with E-state index in [1.165, 1.54) is 0 Å². The molecule has 0 amide bonds. The van der Waals surface area contributed by atoms with Gasteiger partial charge in [-0.3, -0.25) is 4.79 Å². The van der Waals surface area contributed by atoms with Crippen molar-refractivity contribution in [1.82, 2.24) is 0 Å². The van der Waals surface area contributed by atoms with Crippen LogP contribution in [0.4, 0.5) is 0 Å². The fraction of sp³-hybridized carbons (Fsp3) is 0.875. The molecule has 1 atom stereocenters. The normalized spacial score (nSPS) is 54.1. The average molecular weight is 149 g/mol. The van der Waals surface area contributed by atoms with Crippen LogP contribution in [0.3, 0.4) is 0 Å². The van der Waals surface area contributed by atoms with Gasteiger partial charge in [0.05, 0.1) is 1.37 Å². The Bertz CT molecular complexity index is 341. The highest BCUT2D eigenvalue weighted by atomic mass is 16.5. The molecule has 1 rings (SSSR count). The van der Waals surface area contributed by atoms with Gasteiger partial charge < -0.3 is 4.74 Å². The van der Waals surface area contributed by atoms with Gasteiger partial charge in [-0.15, -0.1) is 0 Å². The van der Waals surface area contributed by atoms with Gasteiger partial charge in [0, 0.05) is 14.6 Å². The lowest BCUT2D eigenvalue weighted by molar-refractivity contribution is -0.141. The maximum Gasteiger partial charge on any atom is 0.306 e. The lowest BCUT2D eigenvalue weighted by atomic mass is 10.1. The van der Waals surface area contributed by atoms with Gasteiger partial charge in [-0.05, 0) is 12.7 Å². The molecule has 0 N–H and O–H groups in total. The summed E-state index contributed by atoms with van der Waals surface area (Å²) in [6, 6.07) is 0. The highest BCUT2D eigenvalue weighted by Crippen LogP contribution is 2.18. The van der Waals surface area contributed by atoms with Crippen molar-refractivity contribution in [3.05, 3.63) is 0 Å². The summed E-state index contributed by atoms with van der Waals surface area (Å²) in [7, 11) is 0. The molecule has 0 aromatic rings. The summed E-state index contributed by atoms with van der Waals surface area (Å²) >= 11 is 0. The molecular weight excluding hydrogens is 128 g/mol. The van der Waals surface area contributed by atoms with Crippen LogP contribution in [0.5, 0.6) is 0 Å². The molecule has 1 aliphatic heterocycles. The summed E-state index contributed by atoms with van der Waals surface area (Å²) in [5, 5.41) is 0. The number of rotatable bonds is 3. The minimum atomic E-state index is -3.05. The largest absolute Gasteiger partial charge is 0.462 e. The van der Waals surface area contributed by atoms with E-state index >= 15 is 0 Å². The van der Waals surface area contributed by atoms with E-state index < -0.39 is 31.2 Å². The van der Waals surface area contributed by atoms with Crippen LogP contribution < -0.4 is 0 Å². The molecule has 0 radical (unpaired) electrons. The van der Waals surface area contributed by atoms with Crippen LogP contribution in [-0.2, 0) is 9.53 Å². The first-order valence-electron chi connectivity index (χ1n) is 6.67. The van der Waals surface area contributed by atoms with Crippen molar-refractivity contribution in [2.45, 2.75) is 45.0 Å². The number of hydrogen-bond donors (Lipinski definition) is 0. The zero-order valence-corrected chi connectivity index (χ0v) is 5.73. The number of ether oxygens (including phenoxy) is 1. The molecule has 2 nitrogen and oxygen atoms in total. The van der Waals surface area contributed by atoms with E-state index in [4.69, 9.17) is 9.60 Å². The maximum atomic E-state index is 11.3. The summed E-state index contributed by atoms with van der Waals surface area (Å²) in [6.07, 6.45) is -11.3. The quantitative estimate of drug-likeness (QED) is 0.573. The number of carbonyl (C=O) groups excluding carboxylic acids is 1. The van der Waals surface area contributed by atoms with Crippen molar-refractivity contribution >= 4 is 5.97 Å². The highest BCUT2D eigenvalue weighted by Gasteiger charge is 2.21. The molecule has 1 fully saturated rings. The zero-order chi connectivity index (χ0) is 13.7. The van der Waals surface area contributed by atoms with Crippen LogP contribution in [0.15, 0.2) is 0 Å². The number of esters is 1. The Kier molecular flexibility index (Phi) is 0.900. The lowest BCUT2D eigenvalue weighted by Crippen LogP contribution is -2.05. The molecule has 1 heterocycles. The molecule has 0 spiro atoms. The van der Waals surface area contributed by atoms with Gasteiger partial charge in [0.1, 0.15) is 6.08 Å². The Morgan fingerprint density at radius 2 is 2.90 bits per heavy atom. The molecule has 2 heteroatoms. The van der Waals surface area contributed by atoms with Gasteiger partial charge in [-0.2, -0.15) is 0 Å². The first-order valence-corrected chi connectivity index (χ1v) is 3.17. The monoisotopic (exact) mass is 149 g/mol. The molecule has 0 aromatic carbocycles. The number of hydrogen-bond acceptors (Lipinski definition) is 2. The van der Waals surface area contributed by atoms with Crippen LogP contribution >= 0.6 is 0 Å². The molecule has 58 valence electrons.